The molecule has 0 saturated heterocycles. The molecule has 1 rings (SSSR count). The molecule has 0 radical (unpaired) electrons. The number of benzene rings is 1. The Balaban J connectivity index is 2.45. The third kappa shape index (κ3) is 5.70. The molecule has 1 unspecified atom stereocenters. The van der Waals surface area contributed by atoms with Crippen molar-refractivity contribution in [3.05, 3.63) is 29.6 Å². The smallest absolute Gasteiger partial charge is 0.319 e. The van der Waals surface area contributed by atoms with Gasteiger partial charge in [0.15, 0.2) is 0 Å². The summed E-state index contributed by atoms with van der Waals surface area (Å²) in [6, 6.07) is 3.97. The van der Waals surface area contributed by atoms with Crippen molar-refractivity contribution in [1.29, 1.82) is 0 Å². The lowest BCUT2D eigenvalue weighted by Crippen LogP contribution is -2.36. The van der Waals surface area contributed by atoms with Crippen LogP contribution in [0.1, 0.15) is 25.8 Å². The second-order valence-corrected chi connectivity index (χ2v) is 5.10. The number of aliphatic hydroxyl groups is 1. The SMILES string of the molecule is Cc1ccc(F)c(NC(=O)NCC(O)CC(C)C)c1. The summed E-state index contributed by atoms with van der Waals surface area (Å²) in [5, 5.41) is 14.6. The van der Waals surface area contributed by atoms with E-state index < -0.39 is 18.0 Å². The number of halogens is 1. The van der Waals surface area contributed by atoms with Crippen LogP contribution in [0.25, 0.3) is 0 Å². The third-order valence-corrected chi connectivity index (χ3v) is 2.61. The molecule has 4 nitrogen and oxygen atoms in total. The number of urea groups is 1. The quantitative estimate of drug-likeness (QED) is 0.769. The van der Waals surface area contributed by atoms with Gasteiger partial charge in [-0.05, 0) is 37.0 Å². The molecule has 0 aromatic heterocycles. The molecular weight excluding hydrogens is 247 g/mol. The lowest BCUT2D eigenvalue weighted by molar-refractivity contribution is 0.148. The van der Waals surface area contributed by atoms with Gasteiger partial charge in [-0.1, -0.05) is 19.9 Å². The number of aryl methyl sites for hydroxylation is 1. The van der Waals surface area contributed by atoms with Crippen LogP contribution in [0.3, 0.4) is 0 Å². The first-order chi connectivity index (χ1) is 8.88. The van der Waals surface area contributed by atoms with E-state index in [0.29, 0.717) is 12.3 Å². The molecule has 0 fully saturated rings. The van der Waals surface area contributed by atoms with E-state index in [9.17, 15) is 14.3 Å². The molecule has 0 heterocycles. The maximum atomic E-state index is 13.4. The Bertz CT molecular complexity index is 435. The van der Waals surface area contributed by atoms with Gasteiger partial charge in [-0.2, -0.15) is 0 Å². The molecule has 0 spiro atoms. The molecule has 5 heteroatoms. The average molecular weight is 268 g/mol. The fourth-order valence-electron chi connectivity index (χ4n) is 1.74. The zero-order valence-corrected chi connectivity index (χ0v) is 11.5. The molecule has 19 heavy (non-hydrogen) atoms. The Morgan fingerprint density at radius 2 is 2.11 bits per heavy atom. The monoisotopic (exact) mass is 268 g/mol. The van der Waals surface area contributed by atoms with Crippen molar-refractivity contribution in [2.24, 2.45) is 5.92 Å². The summed E-state index contributed by atoms with van der Waals surface area (Å²) in [6.45, 7) is 5.95. The van der Waals surface area contributed by atoms with Gasteiger partial charge in [-0.3, -0.25) is 0 Å². The first kappa shape index (κ1) is 15.4. The highest BCUT2D eigenvalue weighted by molar-refractivity contribution is 5.89. The van der Waals surface area contributed by atoms with E-state index in [0.717, 1.165) is 5.56 Å². The van der Waals surface area contributed by atoms with Crippen LogP contribution >= 0.6 is 0 Å². The second-order valence-electron chi connectivity index (χ2n) is 5.10. The summed E-state index contributed by atoms with van der Waals surface area (Å²) >= 11 is 0. The minimum Gasteiger partial charge on any atom is -0.391 e. The predicted octanol–water partition coefficient (Wildman–Crippen LogP) is 2.66. The zero-order valence-electron chi connectivity index (χ0n) is 11.5. The summed E-state index contributed by atoms with van der Waals surface area (Å²) < 4.78 is 13.4. The normalized spacial score (nSPS) is 12.3. The summed E-state index contributed by atoms with van der Waals surface area (Å²) in [5.41, 5.74) is 0.993. The van der Waals surface area contributed by atoms with Crippen molar-refractivity contribution >= 4 is 11.7 Å². The number of amides is 2. The van der Waals surface area contributed by atoms with Crippen molar-refractivity contribution < 1.29 is 14.3 Å². The van der Waals surface area contributed by atoms with Crippen molar-refractivity contribution in [2.75, 3.05) is 11.9 Å². The molecule has 1 aromatic rings. The molecular formula is C14H21FN2O2. The predicted molar refractivity (Wildman–Crippen MR) is 73.6 cm³/mol. The van der Waals surface area contributed by atoms with E-state index in [4.69, 9.17) is 0 Å². The van der Waals surface area contributed by atoms with Crippen LogP contribution in [0.5, 0.6) is 0 Å². The van der Waals surface area contributed by atoms with Crippen LogP contribution < -0.4 is 10.6 Å². The fourth-order valence-corrected chi connectivity index (χ4v) is 1.74. The van der Waals surface area contributed by atoms with Gasteiger partial charge >= 0.3 is 6.03 Å². The van der Waals surface area contributed by atoms with E-state index in [1.165, 1.54) is 6.07 Å². The summed E-state index contributed by atoms with van der Waals surface area (Å²) in [7, 11) is 0. The zero-order chi connectivity index (χ0) is 14.4. The molecule has 0 aliphatic rings. The standard InChI is InChI=1S/C14H21FN2O2/c1-9(2)6-11(18)8-16-14(19)17-13-7-10(3)4-5-12(13)15/h4-5,7,9,11,18H,6,8H2,1-3H3,(H2,16,17,19). The molecule has 106 valence electrons. The Hall–Kier alpha value is -1.62. The molecule has 1 aromatic carbocycles. The summed E-state index contributed by atoms with van der Waals surface area (Å²) in [6.07, 6.45) is 0.0205. The van der Waals surface area contributed by atoms with E-state index in [1.807, 2.05) is 20.8 Å². The van der Waals surface area contributed by atoms with E-state index in [1.54, 1.807) is 12.1 Å². The minimum absolute atomic E-state index is 0.135. The summed E-state index contributed by atoms with van der Waals surface area (Å²) in [4.78, 5) is 11.6. The van der Waals surface area contributed by atoms with E-state index in [2.05, 4.69) is 10.6 Å². The maximum Gasteiger partial charge on any atom is 0.319 e. The number of carbonyl (C=O) groups is 1. The minimum atomic E-state index is -0.590. The van der Waals surface area contributed by atoms with Crippen molar-refractivity contribution in [3.63, 3.8) is 0 Å². The molecule has 0 aliphatic heterocycles. The van der Waals surface area contributed by atoms with Gasteiger partial charge in [0.2, 0.25) is 0 Å². The average Bonchev–Trinajstić information content (AvgIpc) is 2.30. The molecule has 0 saturated carbocycles. The molecule has 0 aliphatic carbocycles. The lowest BCUT2D eigenvalue weighted by atomic mass is 10.1. The lowest BCUT2D eigenvalue weighted by Gasteiger charge is -2.14. The van der Waals surface area contributed by atoms with Gasteiger partial charge in [-0.25, -0.2) is 9.18 Å². The number of anilines is 1. The van der Waals surface area contributed by atoms with Gasteiger partial charge in [0.25, 0.3) is 0 Å². The summed E-state index contributed by atoms with van der Waals surface area (Å²) in [5.74, 6) is -0.127. The second kappa shape index (κ2) is 7.09. The van der Waals surface area contributed by atoms with Crippen LogP contribution in [0.2, 0.25) is 0 Å². The van der Waals surface area contributed by atoms with Crippen LogP contribution in [-0.2, 0) is 0 Å². The number of rotatable bonds is 5. The van der Waals surface area contributed by atoms with Crippen molar-refractivity contribution in [2.45, 2.75) is 33.3 Å². The molecule has 1 atom stereocenters. The highest BCUT2D eigenvalue weighted by Crippen LogP contribution is 2.15. The number of hydrogen-bond acceptors (Lipinski definition) is 2. The van der Waals surface area contributed by atoms with Crippen LogP contribution in [0.4, 0.5) is 14.9 Å². The number of carbonyl (C=O) groups excluding carboxylic acids is 1. The largest absolute Gasteiger partial charge is 0.391 e. The highest BCUT2D eigenvalue weighted by atomic mass is 19.1. The Labute approximate surface area is 113 Å². The number of nitrogens with one attached hydrogen (secondary N) is 2. The maximum absolute atomic E-state index is 13.4. The highest BCUT2D eigenvalue weighted by Gasteiger charge is 2.10. The van der Waals surface area contributed by atoms with Crippen LogP contribution in [-0.4, -0.2) is 23.8 Å². The van der Waals surface area contributed by atoms with Crippen molar-refractivity contribution in [1.82, 2.24) is 5.32 Å². The Morgan fingerprint density at radius 1 is 1.42 bits per heavy atom. The number of hydrogen-bond donors (Lipinski definition) is 3. The van der Waals surface area contributed by atoms with Gasteiger partial charge in [0.05, 0.1) is 11.8 Å². The molecule has 0 bridgehead atoms. The van der Waals surface area contributed by atoms with Gasteiger partial charge in [0, 0.05) is 6.54 Å². The Morgan fingerprint density at radius 3 is 2.74 bits per heavy atom. The molecule has 3 N–H and O–H groups in total. The van der Waals surface area contributed by atoms with Crippen LogP contribution in [0.15, 0.2) is 18.2 Å². The first-order valence-corrected chi connectivity index (χ1v) is 6.37. The van der Waals surface area contributed by atoms with Gasteiger partial charge in [0.1, 0.15) is 5.82 Å². The van der Waals surface area contributed by atoms with E-state index >= 15 is 0 Å². The molecule has 2 amide bonds. The topological polar surface area (TPSA) is 61.4 Å². The first-order valence-electron chi connectivity index (χ1n) is 6.37. The van der Waals surface area contributed by atoms with Gasteiger partial charge < -0.3 is 15.7 Å². The number of aliphatic hydroxyl groups excluding tert-OH is 1. The Kier molecular flexibility index (Phi) is 5.76. The van der Waals surface area contributed by atoms with E-state index in [-0.39, 0.29) is 12.2 Å². The van der Waals surface area contributed by atoms with Crippen LogP contribution in [0, 0.1) is 18.7 Å². The van der Waals surface area contributed by atoms with Crippen molar-refractivity contribution in [3.8, 4) is 0 Å². The fraction of sp³-hybridized carbons (Fsp3) is 0.500. The third-order valence-electron chi connectivity index (χ3n) is 2.61. The van der Waals surface area contributed by atoms with Gasteiger partial charge in [-0.15, -0.1) is 0 Å².